The Kier molecular flexibility index (Phi) is 5.51. The van der Waals surface area contributed by atoms with Gasteiger partial charge in [0.05, 0.1) is 18.0 Å². The fourth-order valence-electron chi connectivity index (χ4n) is 5.42. The van der Waals surface area contributed by atoms with E-state index in [1.54, 1.807) is 18.7 Å². The minimum absolute atomic E-state index is 0.671. The van der Waals surface area contributed by atoms with Crippen LogP contribution >= 0.6 is 0 Å². The fourth-order valence-corrected chi connectivity index (χ4v) is 5.42. The van der Waals surface area contributed by atoms with E-state index in [1.165, 1.54) is 31.2 Å². The maximum absolute atomic E-state index is 5.28. The zero-order valence-corrected chi connectivity index (χ0v) is 20.4. The normalized spacial score (nSPS) is 14.3. The number of hydrogen-bond donors (Lipinski definition) is 3. The van der Waals surface area contributed by atoms with Crippen LogP contribution in [-0.4, -0.2) is 36.7 Å². The molecule has 1 saturated carbocycles. The molecule has 8 nitrogen and oxygen atoms in total. The molecule has 0 radical (unpaired) electrons. The van der Waals surface area contributed by atoms with Crippen LogP contribution in [0.3, 0.4) is 0 Å². The summed E-state index contributed by atoms with van der Waals surface area (Å²) in [6, 6.07) is 12.4. The highest BCUT2D eigenvalue weighted by atomic mass is 16.3. The molecular weight excluding hydrogens is 462 g/mol. The molecule has 0 spiro atoms. The summed E-state index contributed by atoms with van der Waals surface area (Å²) in [5, 5.41) is 12.4. The number of rotatable bonds is 7. The standard InChI is InChI=1S/C29H27N7O/c1-2-4-18(3-1)13-30-14-19-11-22(16-31-15-19)20-5-6-25-24(12-20)27(36-35-25)29-33-26-23(21-8-10-37-17-21)7-9-32-28(26)34-29/h5-12,15-18,30H,1-4,13-14H2,(H,35,36)(H,32,33,34). The topological polar surface area (TPSA) is 108 Å². The van der Waals surface area contributed by atoms with Crippen molar-refractivity contribution in [2.24, 2.45) is 5.92 Å². The van der Waals surface area contributed by atoms with Gasteiger partial charge in [-0.3, -0.25) is 10.1 Å². The van der Waals surface area contributed by atoms with Gasteiger partial charge in [0.25, 0.3) is 0 Å². The van der Waals surface area contributed by atoms with Gasteiger partial charge >= 0.3 is 0 Å². The molecule has 0 aliphatic heterocycles. The Balaban J connectivity index is 1.20. The second kappa shape index (κ2) is 9.29. The van der Waals surface area contributed by atoms with E-state index in [9.17, 15) is 0 Å². The summed E-state index contributed by atoms with van der Waals surface area (Å²) in [7, 11) is 0. The number of imidazole rings is 1. The average molecular weight is 490 g/mol. The number of fused-ring (bicyclic) bond motifs is 2. The molecule has 184 valence electrons. The summed E-state index contributed by atoms with van der Waals surface area (Å²) in [5.74, 6) is 1.49. The Bertz CT molecular complexity index is 1680. The van der Waals surface area contributed by atoms with Crippen LogP contribution in [0.1, 0.15) is 31.2 Å². The highest BCUT2D eigenvalue weighted by Gasteiger charge is 2.17. The zero-order valence-electron chi connectivity index (χ0n) is 20.4. The van der Waals surface area contributed by atoms with Crippen LogP contribution in [0.5, 0.6) is 0 Å². The van der Waals surface area contributed by atoms with Crippen molar-refractivity contribution in [3.63, 3.8) is 0 Å². The van der Waals surface area contributed by atoms with Gasteiger partial charge in [-0.05, 0) is 66.8 Å². The van der Waals surface area contributed by atoms with Gasteiger partial charge in [0.2, 0.25) is 0 Å². The number of H-pyrrole nitrogens is 2. The van der Waals surface area contributed by atoms with Gasteiger partial charge in [0.15, 0.2) is 11.5 Å². The lowest BCUT2D eigenvalue weighted by atomic mass is 10.0. The molecule has 6 aromatic rings. The fraction of sp³-hybridized carbons (Fsp3) is 0.241. The summed E-state index contributed by atoms with van der Waals surface area (Å²) in [4.78, 5) is 17.2. The SMILES string of the molecule is c1cc(-c2ccoc2)c2nc(-c3n[nH]c4ccc(-c5cncc(CNCC6CCCC6)c5)cc34)[nH]c2n1. The van der Waals surface area contributed by atoms with Gasteiger partial charge < -0.3 is 14.7 Å². The molecule has 3 N–H and O–H groups in total. The van der Waals surface area contributed by atoms with E-state index >= 15 is 0 Å². The number of hydrogen-bond acceptors (Lipinski definition) is 6. The van der Waals surface area contributed by atoms with E-state index in [2.05, 4.69) is 54.7 Å². The monoisotopic (exact) mass is 489 g/mol. The molecule has 0 amide bonds. The Morgan fingerprint density at radius 3 is 2.84 bits per heavy atom. The van der Waals surface area contributed by atoms with Crippen molar-refractivity contribution in [2.75, 3.05) is 6.54 Å². The first kappa shape index (κ1) is 21.9. The van der Waals surface area contributed by atoms with Gasteiger partial charge in [0, 0.05) is 47.2 Å². The molecule has 0 unspecified atom stereocenters. The third-order valence-corrected chi connectivity index (χ3v) is 7.37. The van der Waals surface area contributed by atoms with Crippen molar-refractivity contribution in [2.45, 2.75) is 32.2 Å². The Morgan fingerprint density at radius 2 is 1.95 bits per heavy atom. The van der Waals surface area contributed by atoms with E-state index in [1.807, 2.05) is 24.5 Å². The van der Waals surface area contributed by atoms with E-state index in [0.717, 1.165) is 63.4 Å². The zero-order chi connectivity index (χ0) is 24.6. The smallest absolute Gasteiger partial charge is 0.160 e. The lowest BCUT2D eigenvalue weighted by Gasteiger charge is -2.11. The number of aromatic nitrogens is 6. The van der Waals surface area contributed by atoms with Crippen molar-refractivity contribution in [1.29, 1.82) is 0 Å². The molecule has 1 fully saturated rings. The number of furan rings is 1. The predicted octanol–water partition coefficient (Wildman–Crippen LogP) is 6.10. The molecule has 1 aromatic carbocycles. The van der Waals surface area contributed by atoms with Crippen molar-refractivity contribution in [3.05, 3.63) is 73.1 Å². The van der Waals surface area contributed by atoms with Crippen LogP contribution in [-0.2, 0) is 6.54 Å². The molecule has 7 rings (SSSR count). The molecule has 0 saturated heterocycles. The summed E-state index contributed by atoms with van der Waals surface area (Å²) in [5.41, 5.74) is 8.50. The Morgan fingerprint density at radius 1 is 1.00 bits per heavy atom. The van der Waals surface area contributed by atoms with Crippen molar-refractivity contribution < 1.29 is 4.42 Å². The molecule has 1 aliphatic carbocycles. The van der Waals surface area contributed by atoms with Crippen LogP contribution in [0, 0.1) is 5.92 Å². The first-order chi connectivity index (χ1) is 18.3. The molecule has 0 atom stereocenters. The van der Waals surface area contributed by atoms with E-state index < -0.39 is 0 Å². The average Bonchev–Trinajstić information content (AvgIpc) is 3.74. The van der Waals surface area contributed by atoms with Crippen molar-refractivity contribution in [1.82, 2.24) is 35.5 Å². The highest BCUT2D eigenvalue weighted by molar-refractivity contribution is 5.97. The number of nitrogens with zero attached hydrogens (tertiary/aromatic N) is 4. The molecule has 5 heterocycles. The first-order valence-corrected chi connectivity index (χ1v) is 12.8. The molecule has 37 heavy (non-hydrogen) atoms. The van der Waals surface area contributed by atoms with E-state index in [0.29, 0.717) is 11.5 Å². The van der Waals surface area contributed by atoms with Crippen LogP contribution in [0.2, 0.25) is 0 Å². The largest absolute Gasteiger partial charge is 0.472 e. The van der Waals surface area contributed by atoms with Crippen LogP contribution in [0.25, 0.3) is 55.8 Å². The Labute approximate surface area is 213 Å². The number of aromatic amines is 2. The van der Waals surface area contributed by atoms with Crippen molar-refractivity contribution in [3.8, 4) is 33.8 Å². The molecule has 1 aliphatic rings. The van der Waals surface area contributed by atoms with E-state index in [4.69, 9.17) is 9.40 Å². The van der Waals surface area contributed by atoms with Crippen LogP contribution < -0.4 is 5.32 Å². The third kappa shape index (κ3) is 4.19. The summed E-state index contributed by atoms with van der Waals surface area (Å²) >= 11 is 0. The first-order valence-electron chi connectivity index (χ1n) is 12.8. The van der Waals surface area contributed by atoms with Gasteiger partial charge in [-0.25, -0.2) is 9.97 Å². The maximum Gasteiger partial charge on any atom is 0.160 e. The minimum atomic E-state index is 0.671. The van der Waals surface area contributed by atoms with E-state index in [-0.39, 0.29) is 0 Å². The molecule has 5 aromatic heterocycles. The maximum atomic E-state index is 5.28. The number of pyridine rings is 2. The van der Waals surface area contributed by atoms with Crippen LogP contribution in [0.15, 0.2) is 71.9 Å². The van der Waals surface area contributed by atoms with Gasteiger partial charge in [-0.1, -0.05) is 18.9 Å². The number of nitrogens with one attached hydrogen (secondary N) is 3. The highest BCUT2D eigenvalue weighted by Crippen LogP contribution is 2.32. The summed E-state index contributed by atoms with van der Waals surface area (Å²) in [6.07, 6.45) is 14.5. The second-order valence-electron chi connectivity index (χ2n) is 9.85. The number of benzene rings is 1. The quantitative estimate of drug-likeness (QED) is 0.250. The third-order valence-electron chi connectivity index (χ3n) is 7.37. The molecular formula is C29H27N7O. The van der Waals surface area contributed by atoms with Crippen LogP contribution in [0.4, 0.5) is 0 Å². The van der Waals surface area contributed by atoms with Gasteiger partial charge in [0.1, 0.15) is 11.2 Å². The molecule has 0 bridgehead atoms. The summed E-state index contributed by atoms with van der Waals surface area (Å²) < 4.78 is 5.28. The van der Waals surface area contributed by atoms with Gasteiger partial charge in [-0.15, -0.1) is 0 Å². The Hall–Kier alpha value is -4.30. The summed E-state index contributed by atoms with van der Waals surface area (Å²) in [6.45, 7) is 1.92. The second-order valence-corrected chi connectivity index (χ2v) is 9.85. The van der Waals surface area contributed by atoms with Crippen molar-refractivity contribution >= 4 is 22.1 Å². The minimum Gasteiger partial charge on any atom is -0.472 e. The van der Waals surface area contributed by atoms with Gasteiger partial charge in [-0.2, -0.15) is 5.10 Å². The molecule has 8 heteroatoms. The lowest BCUT2D eigenvalue weighted by Crippen LogP contribution is -2.20. The predicted molar refractivity (Wildman–Crippen MR) is 144 cm³/mol. The lowest BCUT2D eigenvalue weighted by molar-refractivity contribution is 0.489.